The van der Waals surface area contributed by atoms with E-state index in [1.165, 1.54) is 0 Å². The van der Waals surface area contributed by atoms with Crippen molar-refractivity contribution in [2.45, 2.75) is 26.7 Å². The van der Waals surface area contributed by atoms with Crippen molar-refractivity contribution in [3.05, 3.63) is 0 Å². The molecule has 2 fully saturated rings. The van der Waals surface area contributed by atoms with Crippen LogP contribution in [-0.2, 0) is 9.53 Å². The first-order chi connectivity index (χ1) is 10.2. The van der Waals surface area contributed by atoms with Crippen LogP contribution in [0.3, 0.4) is 0 Å². The summed E-state index contributed by atoms with van der Waals surface area (Å²) >= 11 is 0. The summed E-state index contributed by atoms with van der Waals surface area (Å²) in [5, 5.41) is 0. The monoisotopic (exact) mass is 297 g/mol. The number of hydrogen-bond donors (Lipinski definition) is 0. The SMILES string of the molecule is CCOC(=O)N1CCC(C(=O)N2CCN(CC)CC2)CC1. The molecule has 0 aromatic heterocycles. The number of likely N-dealkylation sites (tertiary alicyclic amines) is 1. The highest BCUT2D eigenvalue weighted by atomic mass is 16.6. The molecule has 2 saturated heterocycles. The van der Waals surface area contributed by atoms with Gasteiger partial charge in [0, 0.05) is 45.2 Å². The summed E-state index contributed by atoms with van der Waals surface area (Å²) in [7, 11) is 0. The Morgan fingerprint density at radius 2 is 1.57 bits per heavy atom. The van der Waals surface area contributed by atoms with Gasteiger partial charge in [0.2, 0.25) is 5.91 Å². The third-order valence-electron chi connectivity index (χ3n) is 4.50. The Labute approximate surface area is 127 Å². The number of carbonyl (C=O) groups is 2. The Bertz CT molecular complexity index is 359. The maximum Gasteiger partial charge on any atom is 0.409 e. The van der Waals surface area contributed by atoms with Crippen LogP contribution in [0.4, 0.5) is 4.79 Å². The number of ether oxygens (including phenoxy) is 1. The molecule has 0 N–H and O–H groups in total. The van der Waals surface area contributed by atoms with E-state index in [1.807, 2.05) is 11.8 Å². The molecule has 0 spiro atoms. The summed E-state index contributed by atoms with van der Waals surface area (Å²) in [6, 6.07) is 0. The Balaban J connectivity index is 1.77. The molecule has 2 aliphatic rings. The summed E-state index contributed by atoms with van der Waals surface area (Å²) in [5.74, 6) is 0.345. The highest BCUT2D eigenvalue weighted by Crippen LogP contribution is 2.21. The van der Waals surface area contributed by atoms with E-state index in [4.69, 9.17) is 4.74 Å². The van der Waals surface area contributed by atoms with Crippen LogP contribution in [0.5, 0.6) is 0 Å². The van der Waals surface area contributed by atoms with Gasteiger partial charge in [-0.15, -0.1) is 0 Å². The van der Waals surface area contributed by atoms with Gasteiger partial charge in [0.25, 0.3) is 0 Å². The van der Waals surface area contributed by atoms with E-state index in [2.05, 4.69) is 11.8 Å². The molecule has 0 aromatic carbocycles. The van der Waals surface area contributed by atoms with E-state index in [0.29, 0.717) is 19.7 Å². The smallest absolute Gasteiger partial charge is 0.409 e. The van der Waals surface area contributed by atoms with Gasteiger partial charge in [-0.25, -0.2) is 4.79 Å². The Kier molecular flexibility index (Phi) is 5.85. The van der Waals surface area contributed by atoms with Gasteiger partial charge >= 0.3 is 6.09 Å². The minimum atomic E-state index is -0.250. The number of rotatable bonds is 3. The Morgan fingerprint density at radius 1 is 0.952 bits per heavy atom. The first-order valence-electron chi connectivity index (χ1n) is 8.08. The summed E-state index contributed by atoms with van der Waals surface area (Å²) in [6.07, 6.45) is 1.26. The summed E-state index contributed by atoms with van der Waals surface area (Å²) in [4.78, 5) is 30.2. The average molecular weight is 297 g/mol. The van der Waals surface area contributed by atoms with E-state index in [-0.39, 0.29) is 17.9 Å². The molecular formula is C15H27N3O3. The average Bonchev–Trinajstić information content (AvgIpc) is 2.54. The minimum absolute atomic E-state index is 0.0730. The van der Waals surface area contributed by atoms with Crippen LogP contribution < -0.4 is 0 Å². The number of hydrogen-bond acceptors (Lipinski definition) is 4. The van der Waals surface area contributed by atoms with Gasteiger partial charge in [-0.3, -0.25) is 4.79 Å². The summed E-state index contributed by atoms with van der Waals surface area (Å²) in [6.45, 7) is 10.3. The second-order valence-corrected chi connectivity index (χ2v) is 5.72. The van der Waals surface area contributed by atoms with Crippen LogP contribution in [0.1, 0.15) is 26.7 Å². The molecule has 21 heavy (non-hydrogen) atoms. The number of amides is 2. The van der Waals surface area contributed by atoms with Gasteiger partial charge in [0.05, 0.1) is 6.61 Å². The molecule has 0 atom stereocenters. The molecule has 6 nitrogen and oxygen atoms in total. The maximum atomic E-state index is 12.5. The second-order valence-electron chi connectivity index (χ2n) is 5.72. The number of carbonyl (C=O) groups excluding carboxylic acids is 2. The zero-order valence-corrected chi connectivity index (χ0v) is 13.2. The molecule has 0 radical (unpaired) electrons. The Morgan fingerprint density at radius 3 is 2.10 bits per heavy atom. The number of likely N-dealkylation sites (N-methyl/N-ethyl adjacent to an activating group) is 1. The summed E-state index contributed by atoms with van der Waals surface area (Å²) < 4.78 is 5.00. The second kappa shape index (κ2) is 7.64. The van der Waals surface area contributed by atoms with Gasteiger partial charge < -0.3 is 19.4 Å². The molecule has 0 aromatic rings. The number of piperazine rings is 1. The molecule has 2 rings (SSSR count). The molecule has 0 aliphatic carbocycles. The van der Waals surface area contributed by atoms with Crippen molar-refractivity contribution in [1.29, 1.82) is 0 Å². The van der Waals surface area contributed by atoms with Gasteiger partial charge in [-0.05, 0) is 26.3 Å². The highest BCUT2D eigenvalue weighted by molar-refractivity contribution is 5.79. The standard InChI is InChI=1S/C15H27N3O3/c1-3-16-9-11-17(12-10-16)14(19)13-5-7-18(8-6-13)15(20)21-4-2/h13H,3-12H2,1-2H3. The molecule has 6 heteroatoms. The quantitative estimate of drug-likeness (QED) is 0.780. The van der Waals surface area contributed by atoms with Crippen molar-refractivity contribution in [3.63, 3.8) is 0 Å². The lowest BCUT2D eigenvalue weighted by atomic mass is 9.95. The lowest BCUT2D eigenvalue weighted by molar-refractivity contribution is -0.138. The predicted molar refractivity (Wildman–Crippen MR) is 80.0 cm³/mol. The van der Waals surface area contributed by atoms with Crippen LogP contribution in [0.25, 0.3) is 0 Å². The fourth-order valence-corrected chi connectivity index (χ4v) is 3.07. The molecule has 2 heterocycles. The molecule has 0 saturated carbocycles. The van der Waals surface area contributed by atoms with E-state index in [0.717, 1.165) is 45.6 Å². The van der Waals surface area contributed by atoms with Crippen molar-refractivity contribution in [2.24, 2.45) is 5.92 Å². The maximum absolute atomic E-state index is 12.5. The molecule has 2 amide bonds. The lowest BCUT2D eigenvalue weighted by Gasteiger charge is -2.38. The molecule has 2 aliphatic heterocycles. The van der Waals surface area contributed by atoms with Crippen LogP contribution in [-0.4, -0.2) is 79.1 Å². The first kappa shape index (κ1) is 16.1. The van der Waals surface area contributed by atoms with E-state index in [9.17, 15) is 9.59 Å². The third kappa shape index (κ3) is 4.09. The molecule has 120 valence electrons. The molecule has 0 bridgehead atoms. The highest BCUT2D eigenvalue weighted by Gasteiger charge is 2.31. The number of piperidine rings is 1. The largest absolute Gasteiger partial charge is 0.450 e. The van der Waals surface area contributed by atoms with Crippen molar-refractivity contribution >= 4 is 12.0 Å². The topological polar surface area (TPSA) is 53.1 Å². The fraction of sp³-hybridized carbons (Fsp3) is 0.867. The van der Waals surface area contributed by atoms with Crippen LogP contribution in [0.2, 0.25) is 0 Å². The first-order valence-corrected chi connectivity index (χ1v) is 8.08. The zero-order valence-electron chi connectivity index (χ0n) is 13.2. The zero-order chi connectivity index (χ0) is 15.2. The van der Waals surface area contributed by atoms with Gasteiger partial charge in [-0.2, -0.15) is 0 Å². The molecular weight excluding hydrogens is 270 g/mol. The van der Waals surface area contributed by atoms with E-state index in [1.54, 1.807) is 4.90 Å². The minimum Gasteiger partial charge on any atom is -0.450 e. The predicted octanol–water partition coefficient (Wildman–Crippen LogP) is 1.02. The van der Waals surface area contributed by atoms with Crippen molar-refractivity contribution in [2.75, 3.05) is 52.4 Å². The van der Waals surface area contributed by atoms with Crippen molar-refractivity contribution in [1.82, 2.24) is 14.7 Å². The third-order valence-corrected chi connectivity index (χ3v) is 4.50. The molecule has 0 unspecified atom stereocenters. The van der Waals surface area contributed by atoms with Gasteiger partial charge in [0.15, 0.2) is 0 Å². The lowest BCUT2D eigenvalue weighted by Crippen LogP contribution is -2.51. The fourth-order valence-electron chi connectivity index (χ4n) is 3.07. The summed E-state index contributed by atoms with van der Waals surface area (Å²) in [5.41, 5.74) is 0. The van der Waals surface area contributed by atoms with Crippen molar-refractivity contribution in [3.8, 4) is 0 Å². The van der Waals surface area contributed by atoms with Gasteiger partial charge in [-0.1, -0.05) is 6.92 Å². The van der Waals surface area contributed by atoms with E-state index < -0.39 is 0 Å². The van der Waals surface area contributed by atoms with E-state index >= 15 is 0 Å². The van der Waals surface area contributed by atoms with Crippen molar-refractivity contribution < 1.29 is 14.3 Å². The van der Waals surface area contributed by atoms with Crippen LogP contribution in [0.15, 0.2) is 0 Å². The van der Waals surface area contributed by atoms with Gasteiger partial charge in [0.1, 0.15) is 0 Å². The van der Waals surface area contributed by atoms with Crippen LogP contribution >= 0.6 is 0 Å². The Hall–Kier alpha value is -1.30. The number of nitrogens with zero attached hydrogens (tertiary/aromatic N) is 3. The van der Waals surface area contributed by atoms with Crippen LogP contribution in [0, 0.1) is 5.92 Å². The normalized spacial score (nSPS) is 21.4.